The van der Waals surface area contributed by atoms with E-state index in [1.54, 1.807) is 7.11 Å². The summed E-state index contributed by atoms with van der Waals surface area (Å²) in [6, 6.07) is 7.38. The molecular weight excluding hydrogens is 244 g/mol. The molecule has 0 aliphatic heterocycles. The average molecular weight is 265 g/mol. The minimum absolute atomic E-state index is 0.606. The number of hydrogen-bond donors (Lipinski definition) is 2. The van der Waals surface area contributed by atoms with Crippen molar-refractivity contribution in [2.75, 3.05) is 13.7 Å². The van der Waals surface area contributed by atoms with Crippen molar-refractivity contribution in [2.45, 2.75) is 32.4 Å². The summed E-state index contributed by atoms with van der Waals surface area (Å²) in [4.78, 5) is 11.0. The van der Waals surface area contributed by atoms with Gasteiger partial charge in [0.2, 0.25) is 0 Å². The van der Waals surface area contributed by atoms with Crippen molar-refractivity contribution >= 4 is 6.09 Å². The molecule has 0 fully saturated rings. The number of hydrogen-bond acceptors (Lipinski definition) is 3. The molecule has 1 unspecified atom stereocenters. The zero-order valence-corrected chi connectivity index (χ0v) is 11.7. The number of carbonyl (C=O) groups is 1. The first-order valence-electron chi connectivity index (χ1n) is 6.47. The second-order valence-electron chi connectivity index (χ2n) is 4.30. The Balaban J connectivity index is 3.29. The van der Waals surface area contributed by atoms with Crippen LogP contribution in [0.2, 0.25) is 0 Å². The van der Waals surface area contributed by atoms with Crippen LogP contribution in [0.15, 0.2) is 24.3 Å². The highest BCUT2D eigenvalue weighted by molar-refractivity contribution is 5.66. The van der Waals surface area contributed by atoms with E-state index in [0.717, 1.165) is 12.0 Å². The van der Waals surface area contributed by atoms with E-state index in [1.165, 1.54) is 0 Å². The van der Waals surface area contributed by atoms with Gasteiger partial charge in [-0.05, 0) is 19.0 Å². The molecule has 19 heavy (non-hydrogen) atoms. The number of benzene rings is 1. The predicted molar refractivity (Wildman–Crippen MR) is 72.5 cm³/mol. The summed E-state index contributed by atoms with van der Waals surface area (Å²) in [5.41, 5.74) is -0.111. The third-order valence-corrected chi connectivity index (χ3v) is 2.99. The monoisotopic (exact) mass is 265 g/mol. The Morgan fingerprint density at radius 1 is 1.32 bits per heavy atom. The molecule has 0 aliphatic carbocycles. The van der Waals surface area contributed by atoms with Gasteiger partial charge in [0.1, 0.15) is 11.4 Å². The summed E-state index contributed by atoms with van der Waals surface area (Å²) in [6.07, 6.45) is 0.112. The largest absolute Gasteiger partial charge is 0.496 e. The molecule has 0 aromatic heterocycles. The molecule has 0 saturated carbocycles. The highest BCUT2D eigenvalue weighted by Crippen LogP contribution is 2.31. The molecule has 0 aliphatic rings. The first-order valence-corrected chi connectivity index (χ1v) is 6.47. The fraction of sp³-hybridized carbons (Fsp3) is 0.500. The fourth-order valence-corrected chi connectivity index (χ4v) is 2.34. The van der Waals surface area contributed by atoms with Gasteiger partial charge in [-0.2, -0.15) is 0 Å². The van der Waals surface area contributed by atoms with E-state index < -0.39 is 11.8 Å². The van der Waals surface area contributed by atoms with Crippen LogP contribution in [0.3, 0.4) is 0 Å². The molecule has 0 bridgehead atoms. The molecule has 1 aromatic carbocycles. The Morgan fingerprint density at radius 3 is 2.53 bits per heavy atom. The molecule has 0 heterocycles. The minimum Gasteiger partial charge on any atom is -0.496 e. The molecule has 0 spiro atoms. The van der Waals surface area contributed by atoms with Crippen LogP contribution in [0.1, 0.15) is 32.3 Å². The summed E-state index contributed by atoms with van der Waals surface area (Å²) >= 11 is 0. The van der Waals surface area contributed by atoms with Gasteiger partial charge >= 0.3 is 6.09 Å². The SMILES string of the molecule is CCCC(NCC)(NC([O])=O)c1ccccc1OC. The highest BCUT2D eigenvalue weighted by Gasteiger charge is 2.35. The smallest absolute Gasteiger partial charge is 0.452 e. The van der Waals surface area contributed by atoms with Gasteiger partial charge in [-0.15, -0.1) is 0 Å². The topological polar surface area (TPSA) is 70.3 Å². The second kappa shape index (κ2) is 6.99. The van der Waals surface area contributed by atoms with Crippen molar-refractivity contribution in [3.63, 3.8) is 0 Å². The maximum absolute atomic E-state index is 11.0. The number of rotatable bonds is 7. The number of carbonyl (C=O) groups excluding carboxylic acids is 1. The summed E-state index contributed by atoms with van der Waals surface area (Å²) in [7, 11) is 1.57. The van der Waals surface area contributed by atoms with E-state index in [-0.39, 0.29) is 0 Å². The Hall–Kier alpha value is -1.75. The summed E-state index contributed by atoms with van der Waals surface area (Å²) in [5.74, 6) is 0.644. The molecule has 0 saturated heterocycles. The maximum atomic E-state index is 11.0. The lowest BCUT2D eigenvalue weighted by Crippen LogP contribution is -2.55. The van der Waals surface area contributed by atoms with Gasteiger partial charge in [0.25, 0.3) is 0 Å². The molecule has 105 valence electrons. The van der Waals surface area contributed by atoms with E-state index >= 15 is 0 Å². The molecule has 2 N–H and O–H groups in total. The second-order valence-corrected chi connectivity index (χ2v) is 4.30. The first-order chi connectivity index (χ1) is 9.09. The van der Waals surface area contributed by atoms with Gasteiger partial charge < -0.3 is 4.74 Å². The van der Waals surface area contributed by atoms with Crippen molar-refractivity contribution < 1.29 is 14.6 Å². The van der Waals surface area contributed by atoms with E-state index in [2.05, 4.69) is 10.6 Å². The van der Waals surface area contributed by atoms with Crippen LogP contribution in [-0.4, -0.2) is 19.7 Å². The van der Waals surface area contributed by atoms with Crippen LogP contribution in [0.5, 0.6) is 5.75 Å². The lowest BCUT2D eigenvalue weighted by molar-refractivity contribution is 0.139. The van der Waals surface area contributed by atoms with Gasteiger partial charge in [0, 0.05) is 5.56 Å². The molecule has 1 radical (unpaired) electrons. The number of amides is 1. The molecule has 1 rings (SSSR count). The fourth-order valence-electron chi connectivity index (χ4n) is 2.34. The summed E-state index contributed by atoms with van der Waals surface area (Å²) < 4.78 is 5.33. The average Bonchev–Trinajstić information content (AvgIpc) is 2.38. The van der Waals surface area contributed by atoms with Crippen LogP contribution in [0.4, 0.5) is 4.79 Å². The maximum Gasteiger partial charge on any atom is 0.452 e. The Morgan fingerprint density at radius 2 is 2.00 bits per heavy atom. The van der Waals surface area contributed by atoms with Crippen LogP contribution in [0.25, 0.3) is 0 Å². The Bertz CT molecular complexity index is 415. The molecule has 5 heteroatoms. The van der Waals surface area contributed by atoms with Crippen molar-refractivity contribution in [2.24, 2.45) is 0 Å². The van der Waals surface area contributed by atoms with Gasteiger partial charge in [-0.1, -0.05) is 38.5 Å². The zero-order chi connectivity index (χ0) is 14.3. The zero-order valence-electron chi connectivity index (χ0n) is 11.7. The van der Waals surface area contributed by atoms with Gasteiger partial charge in [0.05, 0.1) is 7.11 Å². The first kappa shape index (κ1) is 15.3. The normalized spacial score (nSPS) is 13.6. The lowest BCUT2D eigenvalue weighted by Gasteiger charge is -2.35. The van der Waals surface area contributed by atoms with Gasteiger partial charge in [-0.25, -0.2) is 9.90 Å². The number of methoxy groups -OCH3 is 1. The third kappa shape index (κ3) is 3.61. The van der Waals surface area contributed by atoms with Crippen LogP contribution < -0.4 is 15.4 Å². The number of nitrogens with one attached hydrogen (secondary N) is 2. The Kier molecular flexibility index (Phi) is 5.63. The van der Waals surface area contributed by atoms with Crippen molar-refractivity contribution in [3.8, 4) is 5.75 Å². The molecule has 1 aromatic rings. The van der Waals surface area contributed by atoms with E-state index in [0.29, 0.717) is 18.7 Å². The molecular formula is C14H21N2O3. The quantitative estimate of drug-likeness (QED) is 0.744. The van der Waals surface area contributed by atoms with Crippen LogP contribution in [-0.2, 0) is 10.8 Å². The Labute approximate surface area is 114 Å². The van der Waals surface area contributed by atoms with Crippen molar-refractivity contribution in [3.05, 3.63) is 29.8 Å². The van der Waals surface area contributed by atoms with Crippen molar-refractivity contribution in [1.29, 1.82) is 0 Å². The van der Waals surface area contributed by atoms with Crippen LogP contribution in [0, 0.1) is 0 Å². The van der Waals surface area contributed by atoms with Gasteiger partial charge in [-0.3, -0.25) is 10.6 Å². The number of ether oxygens (including phenoxy) is 1. The van der Waals surface area contributed by atoms with Crippen LogP contribution >= 0.6 is 0 Å². The van der Waals surface area contributed by atoms with Crippen molar-refractivity contribution in [1.82, 2.24) is 10.6 Å². The molecule has 1 amide bonds. The van der Waals surface area contributed by atoms with E-state index in [4.69, 9.17) is 4.74 Å². The number of para-hydroxylation sites is 1. The predicted octanol–water partition coefficient (Wildman–Crippen LogP) is 2.40. The minimum atomic E-state index is -1.31. The standard InChI is InChI=1S/C14H21N2O3/c1-4-10-14(15-5-2,16-13(17)18)11-8-6-7-9-12(11)19-3/h6-9,15-16H,4-5,10H2,1-3H3. The molecule has 1 atom stereocenters. The highest BCUT2D eigenvalue weighted by atomic mass is 16.5. The van der Waals surface area contributed by atoms with Gasteiger partial charge in [0.15, 0.2) is 0 Å². The molecule has 5 nitrogen and oxygen atoms in total. The van der Waals surface area contributed by atoms with E-state index in [9.17, 15) is 9.90 Å². The lowest BCUT2D eigenvalue weighted by atomic mass is 9.93. The summed E-state index contributed by atoms with van der Waals surface area (Å²) in [5, 5.41) is 16.7. The van der Waals surface area contributed by atoms with E-state index in [1.807, 2.05) is 38.1 Å². The summed E-state index contributed by atoms with van der Waals surface area (Å²) in [6.45, 7) is 4.55. The third-order valence-electron chi connectivity index (χ3n) is 2.99.